The highest BCUT2D eigenvalue weighted by Gasteiger charge is 2.37. The molecule has 0 radical (unpaired) electrons. The number of likely N-dealkylation sites (N-methyl/N-ethyl adjacent to an activating group) is 1. The molecule has 1 N–H and O–H groups in total. The van der Waals surface area contributed by atoms with Gasteiger partial charge < -0.3 is 10.1 Å². The molecule has 0 aromatic carbocycles. The maximum Gasteiger partial charge on any atom is 0.0594 e. The van der Waals surface area contributed by atoms with Crippen LogP contribution in [0, 0.1) is 5.92 Å². The standard InChI is InChI=1S/C15H32N2O/c1-6-15(4,17-9-11-18-12-10-17)14(16-5)8-7-13(2)3/h13-14,16H,6-12H2,1-5H3. The molecule has 2 atom stereocenters. The fourth-order valence-corrected chi connectivity index (χ4v) is 3.03. The molecule has 1 heterocycles. The molecule has 0 spiro atoms. The third-order valence-electron chi connectivity index (χ3n) is 4.58. The van der Waals surface area contributed by atoms with E-state index in [2.05, 4.69) is 45.0 Å². The highest BCUT2D eigenvalue weighted by Crippen LogP contribution is 2.28. The first-order valence-electron chi connectivity index (χ1n) is 7.54. The smallest absolute Gasteiger partial charge is 0.0594 e. The molecule has 0 saturated carbocycles. The predicted octanol–water partition coefficient (Wildman–Crippen LogP) is 2.51. The van der Waals surface area contributed by atoms with Crippen molar-refractivity contribution in [2.24, 2.45) is 5.92 Å². The van der Waals surface area contributed by atoms with E-state index < -0.39 is 0 Å². The van der Waals surface area contributed by atoms with Crippen LogP contribution in [0.25, 0.3) is 0 Å². The van der Waals surface area contributed by atoms with Crippen molar-refractivity contribution in [1.29, 1.82) is 0 Å². The van der Waals surface area contributed by atoms with Crippen LogP contribution in [-0.2, 0) is 4.74 Å². The van der Waals surface area contributed by atoms with Crippen LogP contribution in [0.5, 0.6) is 0 Å². The minimum Gasteiger partial charge on any atom is -0.379 e. The van der Waals surface area contributed by atoms with Crippen LogP contribution in [0.4, 0.5) is 0 Å². The number of hydrogen-bond acceptors (Lipinski definition) is 3. The van der Waals surface area contributed by atoms with Crippen molar-refractivity contribution < 1.29 is 4.74 Å². The van der Waals surface area contributed by atoms with Crippen LogP contribution in [0.2, 0.25) is 0 Å². The van der Waals surface area contributed by atoms with Gasteiger partial charge in [-0.25, -0.2) is 0 Å². The van der Waals surface area contributed by atoms with Crippen LogP contribution >= 0.6 is 0 Å². The van der Waals surface area contributed by atoms with Crippen molar-refractivity contribution in [2.75, 3.05) is 33.4 Å². The summed E-state index contributed by atoms with van der Waals surface area (Å²) in [5, 5.41) is 3.56. The first kappa shape index (κ1) is 15.9. The van der Waals surface area contributed by atoms with E-state index in [1.807, 2.05) is 0 Å². The van der Waals surface area contributed by atoms with E-state index in [1.165, 1.54) is 19.3 Å². The summed E-state index contributed by atoms with van der Waals surface area (Å²) in [6.07, 6.45) is 3.75. The Bertz CT molecular complexity index is 227. The molecule has 108 valence electrons. The third-order valence-corrected chi connectivity index (χ3v) is 4.58. The topological polar surface area (TPSA) is 24.5 Å². The van der Waals surface area contributed by atoms with Crippen LogP contribution in [-0.4, -0.2) is 49.8 Å². The van der Waals surface area contributed by atoms with Crippen molar-refractivity contribution in [3.63, 3.8) is 0 Å². The van der Waals surface area contributed by atoms with Crippen molar-refractivity contribution in [3.8, 4) is 0 Å². The summed E-state index contributed by atoms with van der Waals surface area (Å²) in [7, 11) is 2.11. The molecule has 1 aliphatic heterocycles. The van der Waals surface area contributed by atoms with Crippen molar-refractivity contribution >= 4 is 0 Å². The Kier molecular flexibility index (Phi) is 6.61. The Morgan fingerprint density at radius 1 is 1.22 bits per heavy atom. The van der Waals surface area contributed by atoms with Gasteiger partial charge in [-0.3, -0.25) is 4.90 Å². The number of rotatable bonds is 7. The highest BCUT2D eigenvalue weighted by molar-refractivity contribution is 4.96. The first-order chi connectivity index (χ1) is 8.54. The van der Waals surface area contributed by atoms with Gasteiger partial charge in [0.25, 0.3) is 0 Å². The molecule has 1 saturated heterocycles. The van der Waals surface area contributed by atoms with Gasteiger partial charge in [0.15, 0.2) is 0 Å². The lowest BCUT2D eigenvalue weighted by molar-refractivity contribution is -0.0330. The molecular weight excluding hydrogens is 224 g/mol. The van der Waals surface area contributed by atoms with E-state index in [1.54, 1.807) is 0 Å². The summed E-state index contributed by atoms with van der Waals surface area (Å²) in [6, 6.07) is 0.572. The Balaban J connectivity index is 2.68. The predicted molar refractivity (Wildman–Crippen MR) is 78.0 cm³/mol. The zero-order valence-electron chi connectivity index (χ0n) is 13.0. The van der Waals surface area contributed by atoms with Gasteiger partial charge in [-0.05, 0) is 39.2 Å². The number of morpholine rings is 1. The second kappa shape index (κ2) is 7.46. The van der Waals surface area contributed by atoms with Gasteiger partial charge in [0.05, 0.1) is 13.2 Å². The van der Waals surface area contributed by atoms with Crippen molar-refractivity contribution in [1.82, 2.24) is 10.2 Å². The number of ether oxygens (including phenoxy) is 1. The van der Waals surface area contributed by atoms with Crippen LogP contribution < -0.4 is 5.32 Å². The maximum absolute atomic E-state index is 5.49. The fourth-order valence-electron chi connectivity index (χ4n) is 3.03. The first-order valence-corrected chi connectivity index (χ1v) is 7.54. The second-order valence-electron chi connectivity index (χ2n) is 6.12. The molecule has 1 aliphatic rings. The number of nitrogens with one attached hydrogen (secondary N) is 1. The van der Waals surface area contributed by atoms with Gasteiger partial charge in [0.2, 0.25) is 0 Å². The van der Waals surface area contributed by atoms with Gasteiger partial charge >= 0.3 is 0 Å². The van der Waals surface area contributed by atoms with Gasteiger partial charge in [-0.1, -0.05) is 20.8 Å². The average Bonchev–Trinajstić information content (AvgIpc) is 2.39. The molecule has 0 aliphatic carbocycles. The second-order valence-corrected chi connectivity index (χ2v) is 6.12. The van der Waals surface area contributed by atoms with E-state index in [4.69, 9.17) is 4.74 Å². The average molecular weight is 256 g/mol. The van der Waals surface area contributed by atoms with Gasteiger partial charge in [0.1, 0.15) is 0 Å². The largest absolute Gasteiger partial charge is 0.379 e. The maximum atomic E-state index is 5.49. The fraction of sp³-hybridized carbons (Fsp3) is 1.00. The van der Waals surface area contributed by atoms with Crippen LogP contribution in [0.1, 0.15) is 47.0 Å². The van der Waals surface area contributed by atoms with Gasteiger partial charge in [-0.15, -0.1) is 0 Å². The monoisotopic (exact) mass is 256 g/mol. The molecule has 1 fully saturated rings. The van der Waals surface area contributed by atoms with E-state index >= 15 is 0 Å². The molecule has 0 aromatic rings. The molecule has 1 rings (SSSR count). The minimum absolute atomic E-state index is 0.257. The Hall–Kier alpha value is -0.120. The molecule has 3 heteroatoms. The summed E-state index contributed by atoms with van der Waals surface area (Å²) >= 11 is 0. The quantitative estimate of drug-likeness (QED) is 0.757. The number of hydrogen-bond donors (Lipinski definition) is 1. The Morgan fingerprint density at radius 2 is 1.83 bits per heavy atom. The molecule has 3 nitrogen and oxygen atoms in total. The van der Waals surface area contributed by atoms with Crippen molar-refractivity contribution in [2.45, 2.75) is 58.5 Å². The summed E-state index contributed by atoms with van der Waals surface area (Å²) < 4.78 is 5.49. The van der Waals surface area contributed by atoms with Crippen LogP contribution in [0.15, 0.2) is 0 Å². The molecular formula is C15H32N2O. The Labute approximate surface area is 113 Å². The molecule has 2 unspecified atom stereocenters. The normalized spacial score (nSPS) is 23.0. The van der Waals surface area contributed by atoms with Gasteiger partial charge in [0, 0.05) is 24.7 Å². The number of nitrogens with zero attached hydrogens (tertiary/aromatic N) is 1. The summed E-state index contributed by atoms with van der Waals surface area (Å²) in [5.74, 6) is 0.784. The van der Waals surface area contributed by atoms with Gasteiger partial charge in [-0.2, -0.15) is 0 Å². The summed E-state index contributed by atoms with van der Waals surface area (Å²) in [5.41, 5.74) is 0.257. The zero-order valence-corrected chi connectivity index (χ0v) is 13.0. The van der Waals surface area contributed by atoms with Crippen LogP contribution in [0.3, 0.4) is 0 Å². The van der Waals surface area contributed by atoms with E-state index in [9.17, 15) is 0 Å². The molecule has 0 bridgehead atoms. The SMILES string of the molecule is CCC(C)(C(CCC(C)C)NC)N1CCOCC1. The third kappa shape index (κ3) is 3.94. The highest BCUT2D eigenvalue weighted by atomic mass is 16.5. The van der Waals surface area contributed by atoms with E-state index in [-0.39, 0.29) is 5.54 Å². The lowest BCUT2D eigenvalue weighted by atomic mass is 9.83. The lowest BCUT2D eigenvalue weighted by Gasteiger charge is -2.48. The molecule has 18 heavy (non-hydrogen) atoms. The summed E-state index contributed by atoms with van der Waals surface area (Å²) in [6.45, 7) is 13.3. The summed E-state index contributed by atoms with van der Waals surface area (Å²) in [4.78, 5) is 2.62. The molecule has 0 aromatic heterocycles. The minimum atomic E-state index is 0.257. The van der Waals surface area contributed by atoms with Crippen molar-refractivity contribution in [3.05, 3.63) is 0 Å². The van der Waals surface area contributed by atoms with E-state index in [0.29, 0.717) is 6.04 Å². The lowest BCUT2D eigenvalue weighted by Crippen LogP contribution is -2.61. The zero-order chi connectivity index (χ0) is 13.6. The molecule has 0 amide bonds. The van der Waals surface area contributed by atoms with E-state index in [0.717, 1.165) is 32.2 Å². The Morgan fingerprint density at radius 3 is 2.28 bits per heavy atom.